The molecular formula is C24H25N5O4S2. The molecule has 0 bridgehead atoms. The van der Waals surface area contributed by atoms with E-state index in [1.165, 1.54) is 22.7 Å². The van der Waals surface area contributed by atoms with Gasteiger partial charge in [-0.1, -0.05) is 40.9 Å². The molecule has 0 aliphatic heterocycles. The number of nitrogens with zero attached hydrogens (tertiary/aromatic N) is 3. The Hall–Kier alpha value is -3.57. The number of benzene rings is 2. The van der Waals surface area contributed by atoms with E-state index < -0.39 is 11.7 Å². The Labute approximate surface area is 210 Å². The number of carbonyl (C=O) groups excluding carboxylic acids is 2. The van der Waals surface area contributed by atoms with Crippen molar-refractivity contribution in [1.29, 1.82) is 0 Å². The van der Waals surface area contributed by atoms with Crippen LogP contribution >= 0.6 is 22.7 Å². The average molecular weight is 512 g/mol. The lowest BCUT2D eigenvalue weighted by Crippen LogP contribution is -2.27. The first kappa shape index (κ1) is 24.6. The van der Waals surface area contributed by atoms with Crippen molar-refractivity contribution >= 4 is 55.2 Å². The van der Waals surface area contributed by atoms with E-state index in [-0.39, 0.29) is 12.3 Å². The van der Waals surface area contributed by atoms with Crippen molar-refractivity contribution in [2.24, 2.45) is 0 Å². The molecule has 2 aromatic carbocycles. The zero-order valence-electron chi connectivity index (χ0n) is 19.7. The third-order valence-corrected chi connectivity index (χ3v) is 6.31. The average Bonchev–Trinajstić information content (AvgIpc) is 3.39. The van der Waals surface area contributed by atoms with Crippen LogP contribution in [0.25, 0.3) is 20.8 Å². The molecule has 2 N–H and O–H groups in total. The van der Waals surface area contributed by atoms with Gasteiger partial charge in [0.05, 0.1) is 23.2 Å². The first-order valence-electron chi connectivity index (χ1n) is 10.9. The molecule has 2 aromatic heterocycles. The van der Waals surface area contributed by atoms with E-state index in [0.717, 1.165) is 27.1 Å². The molecule has 0 atom stereocenters. The Kier molecular flexibility index (Phi) is 7.27. The second-order valence-electron chi connectivity index (χ2n) is 8.55. The van der Waals surface area contributed by atoms with E-state index in [0.29, 0.717) is 21.9 Å². The third kappa shape index (κ3) is 6.74. The van der Waals surface area contributed by atoms with Gasteiger partial charge in [-0.15, -0.1) is 10.2 Å². The number of anilines is 2. The lowest BCUT2D eigenvalue weighted by atomic mass is 10.1. The summed E-state index contributed by atoms with van der Waals surface area (Å²) in [6, 6.07) is 13.1. The molecule has 0 saturated heterocycles. The molecule has 2 heterocycles. The lowest BCUT2D eigenvalue weighted by Gasteiger charge is -2.18. The second-order valence-corrected chi connectivity index (χ2v) is 10.6. The highest BCUT2D eigenvalue weighted by Crippen LogP contribution is 2.30. The fraction of sp³-hybridized carbons (Fsp3) is 0.292. The number of rotatable bonds is 7. The molecule has 0 radical (unpaired) electrons. The zero-order valence-corrected chi connectivity index (χ0v) is 21.4. The predicted molar refractivity (Wildman–Crippen MR) is 138 cm³/mol. The molecule has 2 amide bonds. The standard InChI is InChI=1S/C24H25N5O4S2/c1-5-32-16-8-6-7-15(13-16)20-28-29-22(35-20)26-19(30)12-14-9-10-17-18(11-14)34-21(25-17)27-23(31)33-24(2,3)4/h6-11,13H,5,12H2,1-4H3,(H,25,27,31)(H,26,29,30). The van der Waals surface area contributed by atoms with Crippen LogP contribution in [0.4, 0.5) is 15.1 Å². The molecule has 35 heavy (non-hydrogen) atoms. The number of aromatic nitrogens is 3. The summed E-state index contributed by atoms with van der Waals surface area (Å²) in [6.07, 6.45) is -0.394. The number of hydrogen-bond acceptors (Lipinski definition) is 9. The van der Waals surface area contributed by atoms with Crippen LogP contribution in [0.1, 0.15) is 33.3 Å². The normalized spacial score (nSPS) is 11.3. The summed E-state index contributed by atoms with van der Waals surface area (Å²) in [5.74, 6) is 0.556. The van der Waals surface area contributed by atoms with E-state index >= 15 is 0 Å². The van der Waals surface area contributed by atoms with Crippen LogP contribution in [0.15, 0.2) is 42.5 Å². The van der Waals surface area contributed by atoms with E-state index in [1.807, 2.05) is 49.4 Å². The summed E-state index contributed by atoms with van der Waals surface area (Å²) in [7, 11) is 0. The van der Waals surface area contributed by atoms with Gasteiger partial charge in [-0.25, -0.2) is 9.78 Å². The number of hydrogen-bond donors (Lipinski definition) is 2. The van der Waals surface area contributed by atoms with Crippen molar-refractivity contribution < 1.29 is 19.1 Å². The molecule has 0 saturated carbocycles. The minimum Gasteiger partial charge on any atom is -0.494 e. The van der Waals surface area contributed by atoms with E-state index in [4.69, 9.17) is 9.47 Å². The molecule has 9 nitrogen and oxygen atoms in total. The van der Waals surface area contributed by atoms with Crippen LogP contribution in [0.3, 0.4) is 0 Å². The predicted octanol–water partition coefficient (Wildman–Crippen LogP) is 5.74. The van der Waals surface area contributed by atoms with Crippen molar-refractivity contribution in [2.75, 3.05) is 17.2 Å². The van der Waals surface area contributed by atoms with Gasteiger partial charge in [0.1, 0.15) is 16.4 Å². The molecule has 0 aliphatic carbocycles. The van der Waals surface area contributed by atoms with Crippen LogP contribution in [0.5, 0.6) is 5.75 Å². The first-order chi connectivity index (χ1) is 16.7. The van der Waals surface area contributed by atoms with Crippen LogP contribution < -0.4 is 15.4 Å². The minimum atomic E-state index is -0.595. The highest BCUT2D eigenvalue weighted by molar-refractivity contribution is 7.22. The molecule has 0 unspecified atom stereocenters. The summed E-state index contributed by atoms with van der Waals surface area (Å²) in [5, 5.41) is 15.3. The van der Waals surface area contributed by atoms with Gasteiger partial charge in [0, 0.05) is 5.56 Å². The largest absolute Gasteiger partial charge is 0.494 e. The van der Waals surface area contributed by atoms with E-state index in [9.17, 15) is 9.59 Å². The number of carbonyl (C=O) groups is 2. The molecule has 182 valence electrons. The highest BCUT2D eigenvalue weighted by Gasteiger charge is 2.18. The zero-order chi connectivity index (χ0) is 25.0. The van der Waals surface area contributed by atoms with Crippen molar-refractivity contribution in [1.82, 2.24) is 15.2 Å². The smallest absolute Gasteiger partial charge is 0.413 e. The Morgan fingerprint density at radius 2 is 1.83 bits per heavy atom. The van der Waals surface area contributed by atoms with Crippen LogP contribution in [0.2, 0.25) is 0 Å². The van der Waals surface area contributed by atoms with Gasteiger partial charge in [-0.2, -0.15) is 0 Å². The Balaban J connectivity index is 1.38. The molecule has 4 aromatic rings. The van der Waals surface area contributed by atoms with Gasteiger partial charge in [-0.05, 0) is 57.5 Å². The van der Waals surface area contributed by atoms with Crippen molar-refractivity contribution in [2.45, 2.75) is 39.7 Å². The minimum absolute atomic E-state index is 0.164. The van der Waals surface area contributed by atoms with Gasteiger partial charge in [0.2, 0.25) is 11.0 Å². The summed E-state index contributed by atoms with van der Waals surface area (Å²) in [5.41, 5.74) is 1.83. The van der Waals surface area contributed by atoms with Crippen LogP contribution in [-0.2, 0) is 16.0 Å². The SMILES string of the molecule is CCOc1cccc(-c2nnc(NC(=O)Cc3ccc4nc(NC(=O)OC(C)(C)C)sc4c3)s2)c1. The lowest BCUT2D eigenvalue weighted by molar-refractivity contribution is -0.115. The molecule has 0 fully saturated rings. The maximum Gasteiger partial charge on any atom is 0.413 e. The third-order valence-electron chi connectivity index (χ3n) is 4.49. The molecule has 11 heteroatoms. The summed E-state index contributed by atoms with van der Waals surface area (Å²) in [4.78, 5) is 29.0. The fourth-order valence-electron chi connectivity index (χ4n) is 3.15. The van der Waals surface area contributed by atoms with Crippen LogP contribution in [0, 0.1) is 0 Å². The second kappa shape index (κ2) is 10.4. The summed E-state index contributed by atoms with van der Waals surface area (Å²) < 4.78 is 11.7. The van der Waals surface area contributed by atoms with E-state index in [1.54, 1.807) is 20.8 Å². The van der Waals surface area contributed by atoms with Gasteiger partial charge in [0.25, 0.3) is 0 Å². The summed E-state index contributed by atoms with van der Waals surface area (Å²) in [6.45, 7) is 7.90. The van der Waals surface area contributed by atoms with Crippen molar-refractivity contribution in [3.8, 4) is 16.3 Å². The fourth-order valence-corrected chi connectivity index (χ4v) is 4.82. The van der Waals surface area contributed by atoms with Crippen molar-refractivity contribution in [3.63, 3.8) is 0 Å². The Morgan fingerprint density at radius 3 is 2.60 bits per heavy atom. The maximum atomic E-state index is 12.6. The van der Waals surface area contributed by atoms with Crippen molar-refractivity contribution in [3.05, 3.63) is 48.0 Å². The number of ether oxygens (including phenoxy) is 2. The van der Waals surface area contributed by atoms with Gasteiger partial charge in [0.15, 0.2) is 5.13 Å². The van der Waals surface area contributed by atoms with Gasteiger partial charge >= 0.3 is 6.09 Å². The summed E-state index contributed by atoms with van der Waals surface area (Å²) >= 11 is 2.61. The van der Waals surface area contributed by atoms with E-state index in [2.05, 4.69) is 25.8 Å². The molecular weight excluding hydrogens is 486 g/mol. The monoisotopic (exact) mass is 511 g/mol. The van der Waals surface area contributed by atoms with Gasteiger partial charge in [-0.3, -0.25) is 10.1 Å². The Morgan fingerprint density at radius 1 is 1.00 bits per heavy atom. The molecule has 0 aliphatic rings. The first-order valence-corrected chi connectivity index (χ1v) is 12.6. The topological polar surface area (TPSA) is 115 Å². The molecule has 4 rings (SSSR count). The number of thiazole rings is 1. The highest BCUT2D eigenvalue weighted by atomic mass is 32.1. The number of fused-ring (bicyclic) bond motifs is 1. The maximum absolute atomic E-state index is 12.6. The molecule has 0 spiro atoms. The number of nitrogens with one attached hydrogen (secondary N) is 2. The quantitative estimate of drug-likeness (QED) is 0.325. The van der Waals surface area contributed by atoms with Gasteiger partial charge < -0.3 is 14.8 Å². The van der Waals surface area contributed by atoms with Crippen LogP contribution in [-0.4, -0.2) is 39.4 Å². The Bertz CT molecular complexity index is 1360. The number of amides is 2.